The van der Waals surface area contributed by atoms with Crippen LogP contribution in [0.25, 0.3) is 0 Å². The smallest absolute Gasteiger partial charge is 0.226 e. The molecule has 19 heavy (non-hydrogen) atoms. The van der Waals surface area contributed by atoms with Crippen LogP contribution >= 0.6 is 0 Å². The second-order valence-corrected chi connectivity index (χ2v) is 7.21. The molecule has 5 atom stereocenters. The van der Waals surface area contributed by atoms with Crippen molar-refractivity contribution in [2.75, 3.05) is 13.2 Å². The van der Waals surface area contributed by atoms with Gasteiger partial charge in [0.15, 0.2) is 0 Å². The summed E-state index contributed by atoms with van der Waals surface area (Å²) in [5, 5.41) is 8.98. The van der Waals surface area contributed by atoms with Gasteiger partial charge < -0.3 is 10.0 Å². The van der Waals surface area contributed by atoms with Gasteiger partial charge in [-0.3, -0.25) is 4.79 Å². The molecule has 0 aromatic heterocycles. The Morgan fingerprint density at radius 3 is 2.58 bits per heavy atom. The Labute approximate surface area is 115 Å². The van der Waals surface area contributed by atoms with E-state index in [4.69, 9.17) is 5.11 Å². The molecule has 4 rings (SSSR count). The Kier molecular flexibility index (Phi) is 2.87. The van der Waals surface area contributed by atoms with E-state index in [9.17, 15) is 4.79 Å². The molecule has 1 saturated heterocycles. The molecule has 3 nitrogen and oxygen atoms in total. The molecular formula is C16H25NO2. The molecule has 3 heteroatoms. The van der Waals surface area contributed by atoms with Crippen molar-refractivity contribution in [2.24, 2.45) is 29.6 Å². The van der Waals surface area contributed by atoms with Gasteiger partial charge in [0.25, 0.3) is 0 Å². The third kappa shape index (κ3) is 1.77. The summed E-state index contributed by atoms with van der Waals surface area (Å²) in [6.45, 7) is 1.23. The maximum atomic E-state index is 12.8. The van der Waals surface area contributed by atoms with Crippen molar-refractivity contribution in [1.29, 1.82) is 0 Å². The van der Waals surface area contributed by atoms with E-state index in [0.717, 1.165) is 55.9 Å². The van der Waals surface area contributed by atoms with Gasteiger partial charge >= 0.3 is 0 Å². The number of carbonyl (C=O) groups is 1. The Hall–Kier alpha value is -0.570. The predicted octanol–water partition coefficient (Wildman–Crippen LogP) is 2.04. The number of hydrogen-bond donors (Lipinski definition) is 1. The minimum absolute atomic E-state index is 0.261. The van der Waals surface area contributed by atoms with Gasteiger partial charge in [0.1, 0.15) is 0 Å². The first-order chi connectivity index (χ1) is 9.31. The molecular weight excluding hydrogens is 238 g/mol. The van der Waals surface area contributed by atoms with Gasteiger partial charge in [-0.1, -0.05) is 0 Å². The molecule has 106 valence electrons. The molecule has 1 aliphatic heterocycles. The van der Waals surface area contributed by atoms with E-state index >= 15 is 0 Å². The fourth-order valence-corrected chi connectivity index (χ4v) is 5.60. The van der Waals surface area contributed by atoms with Crippen molar-refractivity contribution in [3.63, 3.8) is 0 Å². The zero-order valence-electron chi connectivity index (χ0n) is 11.6. The molecule has 3 aliphatic carbocycles. The van der Waals surface area contributed by atoms with Crippen LogP contribution < -0.4 is 0 Å². The second-order valence-electron chi connectivity index (χ2n) is 7.21. The van der Waals surface area contributed by atoms with Crippen LogP contribution in [0.4, 0.5) is 0 Å². The quantitative estimate of drug-likeness (QED) is 0.843. The minimum Gasteiger partial charge on any atom is -0.396 e. The third-order valence-electron chi connectivity index (χ3n) is 6.38. The maximum Gasteiger partial charge on any atom is 0.226 e. The largest absolute Gasteiger partial charge is 0.396 e. The number of aliphatic hydroxyl groups excluding tert-OH is 1. The van der Waals surface area contributed by atoms with Crippen molar-refractivity contribution in [1.82, 2.24) is 4.90 Å². The highest BCUT2D eigenvalue weighted by molar-refractivity contribution is 5.83. The highest BCUT2D eigenvalue weighted by Crippen LogP contribution is 2.69. The van der Waals surface area contributed by atoms with Crippen molar-refractivity contribution in [2.45, 2.75) is 51.0 Å². The predicted molar refractivity (Wildman–Crippen MR) is 72.4 cm³/mol. The normalized spacial score (nSPS) is 46.7. The van der Waals surface area contributed by atoms with Crippen LogP contribution in [0.2, 0.25) is 0 Å². The Balaban J connectivity index is 1.41. The first-order valence-electron chi connectivity index (χ1n) is 8.22. The van der Waals surface area contributed by atoms with E-state index in [0.29, 0.717) is 17.9 Å². The molecule has 2 bridgehead atoms. The van der Waals surface area contributed by atoms with E-state index in [2.05, 4.69) is 4.90 Å². The third-order valence-corrected chi connectivity index (χ3v) is 6.38. The maximum absolute atomic E-state index is 12.8. The van der Waals surface area contributed by atoms with Crippen molar-refractivity contribution in [3.8, 4) is 0 Å². The Morgan fingerprint density at radius 2 is 1.89 bits per heavy atom. The molecule has 0 aromatic carbocycles. The van der Waals surface area contributed by atoms with Gasteiger partial charge in [0.2, 0.25) is 5.91 Å². The standard InChI is InChI=1S/C16H25NO2/c18-8-2-4-12-3-1-7-17(12)16(19)15-13-10-5-6-11(9-10)14(13)15/h10-15,18H,1-9H2. The van der Waals surface area contributed by atoms with Crippen molar-refractivity contribution >= 4 is 5.91 Å². The average molecular weight is 263 g/mol. The monoisotopic (exact) mass is 263 g/mol. The van der Waals surface area contributed by atoms with Gasteiger partial charge in [-0.15, -0.1) is 0 Å². The lowest BCUT2D eigenvalue weighted by Gasteiger charge is -2.26. The summed E-state index contributed by atoms with van der Waals surface area (Å²) in [6, 6.07) is 0.429. The van der Waals surface area contributed by atoms with Crippen molar-refractivity contribution < 1.29 is 9.90 Å². The van der Waals surface area contributed by atoms with E-state index in [1.807, 2.05) is 0 Å². The molecule has 0 spiro atoms. The van der Waals surface area contributed by atoms with E-state index in [-0.39, 0.29) is 6.61 Å². The number of fused-ring (bicyclic) bond motifs is 5. The second kappa shape index (κ2) is 4.47. The number of carbonyl (C=O) groups excluding carboxylic acids is 1. The molecule has 1 N–H and O–H groups in total. The average Bonchev–Trinajstić information content (AvgIpc) is 2.82. The highest BCUT2D eigenvalue weighted by Gasteiger charge is 2.68. The fraction of sp³-hybridized carbons (Fsp3) is 0.938. The summed E-state index contributed by atoms with van der Waals surface area (Å²) < 4.78 is 0. The van der Waals surface area contributed by atoms with Crippen LogP contribution in [-0.2, 0) is 4.79 Å². The Bertz CT molecular complexity index is 367. The van der Waals surface area contributed by atoms with Gasteiger partial charge in [0, 0.05) is 25.1 Å². The van der Waals surface area contributed by atoms with Crippen LogP contribution in [0.15, 0.2) is 0 Å². The van der Waals surface area contributed by atoms with Crippen LogP contribution in [0.1, 0.15) is 44.9 Å². The summed E-state index contributed by atoms with van der Waals surface area (Å²) in [6.07, 6.45) is 8.37. The number of nitrogens with zero attached hydrogens (tertiary/aromatic N) is 1. The molecule has 0 aromatic rings. The van der Waals surface area contributed by atoms with Gasteiger partial charge in [-0.2, -0.15) is 0 Å². The van der Waals surface area contributed by atoms with E-state index in [1.54, 1.807) is 0 Å². The van der Waals surface area contributed by atoms with E-state index in [1.165, 1.54) is 19.3 Å². The summed E-state index contributed by atoms with van der Waals surface area (Å²) in [5.74, 6) is 4.20. The molecule has 0 radical (unpaired) electrons. The number of likely N-dealkylation sites (tertiary alicyclic amines) is 1. The lowest BCUT2D eigenvalue weighted by Crippen LogP contribution is -2.38. The first kappa shape index (κ1) is 12.2. The first-order valence-corrected chi connectivity index (χ1v) is 8.22. The molecule has 4 fully saturated rings. The molecule has 4 aliphatic rings. The molecule has 3 saturated carbocycles. The van der Waals surface area contributed by atoms with Crippen LogP contribution in [0.3, 0.4) is 0 Å². The molecule has 5 unspecified atom stereocenters. The van der Waals surface area contributed by atoms with Crippen LogP contribution in [0.5, 0.6) is 0 Å². The molecule has 1 amide bonds. The molecule has 1 heterocycles. The van der Waals surface area contributed by atoms with Crippen LogP contribution in [-0.4, -0.2) is 35.1 Å². The highest BCUT2D eigenvalue weighted by atomic mass is 16.3. The number of hydrogen-bond acceptors (Lipinski definition) is 2. The fourth-order valence-electron chi connectivity index (χ4n) is 5.60. The Morgan fingerprint density at radius 1 is 1.16 bits per heavy atom. The van der Waals surface area contributed by atoms with Gasteiger partial charge in [-0.05, 0) is 68.6 Å². The van der Waals surface area contributed by atoms with Gasteiger partial charge in [-0.25, -0.2) is 0 Å². The summed E-state index contributed by atoms with van der Waals surface area (Å²) in [5.41, 5.74) is 0. The van der Waals surface area contributed by atoms with Crippen molar-refractivity contribution in [3.05, 3.63) is 0 Å². The SMILES string of the molecule is O=C(C1C2C3CCC(C3)C12)N1CCCC1CCCO. The summed E-state index contributed by atoms with van der Waals surface area (Å²) in [7, 11) is 0. The zero-order chi connectivity index (χ0) is 13.0. The minimum atomic E-state index is 0.261. The van der Waals surface area contributed by atoms with E-state index < -0.39 is 0 Å². The number of aliphatic hydroxyl groups is 1. The zero-order valence-corrected chi connectivity index (χ0v) is 11.6. The summed E-state index contributed by atoms with van der Waals surface area (Å²) in [4.78, 5) is 15.0. The topological polar surface area (TPSA) is 40.5 Å². The lowest BCUT2D eigenvalue weighted by atomic mass is 10.0. The van der Waals surface area contributed by atoms with Crippen LogP contribution in [0, 0.1) is 29.6 Å². The summed E-state index contributed by atoms with van der Waals surface area (Å²) >= 11 is 0. The van der Waals surface area contributed by atoms with Gasteiger partial charge in [0.05, 0.1) is 0 Å². The number of rotatable bonds is 4. The number of amides is 1. The lowest BCUT2D eigenvalue weighted by molar-refractivity contribution is -0.134.